The number of aliphatic hydroxyl groups is 1. The lowest BCUT2D eigenvalue weighted by molar-refractivity contribution is 0.00801. The number of aliphatic hydroxyl groups excluding tert-OH is 1. The number of ether oxygens (including phenoxy) is 2. The van der Waals surface area contributed by atoms with Crippen LogP contribution in [-0.2, 0) is 9.47 Å². The van der Waals surface area contributed by atoms with Crippen LogP contribution in [0.25, 0.3) is 10.4 Å². The van der Waals surface area contributed by atoms with Crippen LogP contribution in [0.1, 0.15) is 55.9 Å². The van der Waals surface area contributed by atoms with Crippen molar-refractivity contribution < 1.29 is 24.2 Å². The Morgan fingerprint density at radius 2 is 1.37 bits per heavy atom. The van der Waals surface area contributed by atoms with Crippen LogP contribution in [0.5, 0.6) is 0 Å². The van der Waals surface area contributed by atoms with Crippen molar-refractivity contribution in [2.45, 2.75) is 79.2 Å². The summed E-state index contributed by atoms with van der Waals surface area (Å²) in [7, 11) is 0. The van der Waals surface area contributed by atoms with E-state index in [0.29, 0.717) is 26.2 Å². The molecule has 0 aliphatic carbocycles. The number of hydrogen-bond donors (Lipinski definition) is 2. The molecule has 2 fully saturated rings. The van der Waals surface area contributed by atoms with Gasteiger partial charge in [-0.05, 0) is 54.0 Å². The second kappa shape index (κ2) is 13.1. The number of hydrogen-bond acceptors (Lipinski definition) is 7. The van der Waals surface area contributed by atoms with Crippen LogP contribution in [-0.4, -0.2) is 83.2 Å². The molecule has 2 amide bonds. The van der Waals surface area contributed by atoms with Gasteiger partial charge in [0.15, 0.2) is 0 Å². The highest BCUT2D eigenvalue weighted by Gasteiger charge is 2.33. The minimum Gasteiger partial charge on any atom is -0.444 e. The minimum atomic E-state index is -0.472. The first-order valence-corrected chi connectivity index (χ1v) is 9.58. The quantitative estimate of drug-likeness (QED) is 0.368. The molecule has 0 aromatic heterocycles. The lowest BCUT2D eigenvalue weighted by Crippen LogP contribution is -2.58. The molecule has 176 valence electrons. The lowest BCUT2D eigenvalue weighted by atomic mass is 10.1. The molecule has 2 saturated heterocycles. The van der Waals surface area contributed by atoms with E-state index >= 15 is 0 Å². The van der Waals surface area contributed by atoms with Gasteiger partial charge in [-0.3, -0.25) is 0 Å². The molecule has 0 bridgehead atoms. The van der Waals surface area contributed by atoms with Crippen molar-refractivity contribution in [2.24, 2.45) is 10.8 Å². The SMILES string of the molecule is C.CC(C)(C)OC(=O)N1CC(N)C1.CC(C)(C)OC(=O)N1CC(N=[N+]=[N-])C1.CCO. The Morgan fingerprint density at radius 1 is 1.03 bits per heavy atom. The zero-order chi connectivity index (χ0) is 22.8. The molecule has 0 saturated carbocycles. The Bertz CT molecular complexity index is 569. The Balaban J connectivity index is 0. The molecule has 30 heavy (non-hydrogen) atoms. The second-order valence-corrected chi connectivity index (χ2v) is 8.71. The summed E-state index contributed by atoms with van der Waals surface area (Å²) in [5.74, 6) is 0. The smallest absolute Gasteiger partial charge is 0.410 e. The van der Waals surface area contributed by atoms with E-state index in [1.807, 2.05) is 41.5 Å². The van der Waals surface area contributed by atoms with Gasteiger partial charge in [0, 0.05) is 43.7 Å². The molecular weight excluding hydrogens is 392 g/mol. The molecule has 2 aliphatic heterocycles. The van der Waals surface area contributed by atoms with Gasteiger partial charge in [0.1, 0.15) is 11.2 Å². The highest BCUT2D eigenvalue weighted by atomic mass is 16.6. The average molecular weight is 433 g/mol. The van der Waals surface area contributed by atoms with Gasteiger partial charge in [0.25, 0.3) is 0 Å². The fourth-order valence-electron chi connectivity index (χ4n) is 2.07. The van der Waals surface area contributed by atoms with E-state index < -0.39 is 11.2 Å². The molecule has 0 atom stereocenters. The van der Waals surface area contributed by atoms with Gasteiger partial charge in [0.2, 0.25) is 0 Å². The fraction of sp³-hybridized carbons (Fsp3) is 0.895. The van der Waals surface area contributed by atoms with Crippen molar-refractivity contribution in [2.75, 3.05) is 32.8 Å². The average Bonchev–Trinajstić information content (AvgIpc) is 2.45. The summed E-state index contributed by atoms with van der Waals surface area (Å²) in [4.78, 5) is 28.4. The molecule has 2 heterocycles. The van der Waals surface area contributed by atoms with E-state index in [-0.39, 0.29) is 38.3 Å². The predicted molar refractivity (Wildman–Crippen MR) is 116 cm³/mol. The standard InChI is InChI=1S/C8H14N4O2.C8H16N2O2.C2H6O.CH4/c1-8(2,3)14-7(13)12-4-6(5-12)10-11-9;1-8(2,3)12-7(11)10-4-6(9)5-10;1-2-3;/h6H,4-5H2,1-3H3;6H,4-5,9H2,1-3H3;3H,2H2,1H3;1H4. The maximum absolute atomic E-state index is 11.4. The van der Waals surface area contributed by atoms with Gasteiger partial charge in [0.05, 0.1) is 6.04 Å². The number of nitrogens with two attached hydrogens (primary N) is 1. The largest absolute Gasteiger partial charge is 0.444 e. The van der Waals surface area contributed by atoms with Crippen LogP contribution in [0.4, 0.5) is 9.59 Å². The number of rotatable bonds is 1. The summed E-state index contributed by atoms with van der Waals surface area (Å²) in [5, 5.41) is 11.1. The number of carbonyl (C=O) groups is 2. The Morgan fingerprint density at radius 3 is 1.63 bits per heavy atom. The van der Waals surface area contributed by atoms with Crippen molar-refractivity contribution >= 4 is 12.2 Å². The molecule has 11 heteroatoms. The van der Waals surface area contributed by atoms with Crippen molar-refractivity contribution in [3.8, 4) is 0 Å². The van der Waals surface area contributed by atoms with E-state index in [9.17, 15) is 9.59 Å². The van der Waals surface area contributed by atoms with E-state index in [0.717, 1.165) is 0 Å². The predicted octanol–water partition coefficient (Wildman–Crippen LogP) is 3.12. The van der Waals surface area contributed by atoms with Gasteiger partial charge in [-0.15, -0.1) is 0 Å². The Hall–Kier alpha value is -2.23. The molecule has 3 N–H and O–H groups in total. The monoisotopic (exact) mass is 432 g/mol. The first-order valence-electron chi connectivity index (χ1n) is 9.58. The third kappa shape index (κ3) is 13.1. The normalized spacial score (nSPS) is 16.0. The third-order valence-electron chi connectivity index (χ3n) is 3.29. The van der Waals surface area contributed by atoms with E-state index in [1.165, 1.54) is 4.90 Å². The number of amides is 2. The van der Waals surface area contributed by atoms with E-state index in [1.54, 1.807) is 11.8 Å². The summed E-state index contributed by atoms with van der Waals surface area (Å²) >= 11 is 0. The fourth-order valence-corrected chi connectivity index (χ4v) is 2.07. The first kappa shape index (κ1) is 30.0. The highest BCUT2D eigenvalue weighted by Crippen LogP contribution is 2.17. The number of nitrogens with zero attached hydrogens (tertiary/aromatic N) is 5. The molecular formula is C19H40N6O5. The highest BCUT2D eigenvalue weighted by molar-refractivity contribution is 5.69. The summed E-state index contributed by atoms with van der Waals surface area (Å²) in [6.07, 6.45) is -0.605. The van der Waals surface area contributed by atoms with Gasteiger partial charge >= 0.3 is 12.2 Å². The zero-order valence-corrected chi connectivity index (χ0v) is 18.6. The molecule has 0 unspecified atom stereocenters. The van der Waals surface area contributed by atoms with Crippen molar-refractivity contribution in [3.63, 3.8) is 0 Å². The summed E-state index contributed by atoms with van der Waals surface area (Å²) in [6, 6.07) is 0.0463. The van der Waals surface area contributed by atoms with Crippen LogP contribution in [0.15, 0.2) is 5.11 Å². The first-order chi connectivity index (χ1) is 13.2. The number of azide groups is 1. The molecule has 0 aromatic carbocycles. The van der Waals surface area contributed by atoms with Crippen molar-refractivity contribution in [1.29, 1.82) is 0 Å². The zero-order valence-electron chi connectivity index (χ0n) is 18.6. The Labute approximate surface area is 180 Å². The molecule has 2 rings (SSSR count). The minimum absolute atomic E-state index is 0. The van der Waals surface area contributed by atoms with Gasteiger partial charge in [-0.1, -0.05) is 12.5 Å². The summed E-state index contributed by atoms with van der Waals surface area (Å²) in [5.41, 5.74) is 12.8. The number of carbonyl (C=O) groups excluding carboxylic acids is 2. The molecule has 0 spiro atoms. The van der Waals surface area contributed by atoms with Crippen LogP contribution in [0.3, 0.4) is 0 Å². The van der Waals surface area contributed by atoms with Gasteiger partial charge < -0.3 is 30.1 Å². The van der Waals surface area contributed by atoms with Crippen molar-refractivity contribution in [1.82, 2.24) is 9.80 Å². The maximum atomic E-state index is 11.4. The topological polar surface area (TPSA) is 154 Å². The van der Waals surface area contributed by atoms with E-state index in [2.05, 4.69) is 10.0 Å². The van der Waals surface area contributed by atoms with Crippen LogP contribution in [0.2, 0.25) is 0 Å². The van der Waals surface area contributed by atoms with Crippen LogP contribution in [0, 0.1) is 0 Å². The number of likely N-dealkylation sites (tertiary alicyclic amines) is 2. The molecule has 0 aromatic rings. The van der Waals surface area contributed by atoms with Gasteiger partial charge in [-0.2, -0.15) is 0 Å². The van der Waals surface area contributed by atoms with Crippen LogP contribution >= 0.6 is 0 Å². The van der Waals surface area contributed by atoms with Crippen molar-refractivity contribution in [3.05, 3.63) is 10.4 Å². The summed E-state index contributed by atoms with van der Waals surface area (Å²) < 4.78 is 10.2. The lowest BCUT2D eigenvalue weighted by Gasteiger charge is -2.37. The third-order valence-corrected chi connectivity index (χ3v) is 3.29. The molecule has 0 radical (unpaired) electrons. The Kier molecular flexibility index (Phi) is 13.1. The maximum Gasteiger partial charge on any atom is 0.410 e. The van der Waals surface area contributed by atoms with Crippen LogP contribution < -0.4 is 5.73 Å². The van der Waals surface area contributed by atoms with Gasteiger partial charge in [-0.25, -0.2) is 9.59 Å². The molecule has 2 aliphatic rings. The van der Waals surface area contributed by atoms with E-state index in [4.69, 9.17) is 25.8 Å². The molecule has 11 nitrogen and oxygen atoms in total. The second-order valence-electron chi connectivity index (χ2n) is 8.71. The summed E-state index contributed by atoms with van der Waals surface area (Å²) in [6.45, 7) is 15.1.